The molecule has 0 amide bonds. The molecule has 0 saturated heterocycles. The summed E-state index contributed by atoms with van der Waals surface area (Å²) in [5, 5.41) is 4.84. The molecule has 1 aromatic carbocycles. The zero-order valence-electron chi connectivity index (χ0n) is 9.34. The van der Waals surface area contributed by atoms with Gasteiger partial charge in [0.2, 0.25) is 0 Å². The van der Waals surface area contributed by atoms with Crippen LogP contribution in [0, 0.1) is 0 Å². The number of benzene rings is 1. The van der Waals surface area contributed by atoms with Gasteiger partial charge in [0.25, 0.3) is 5.56 Å². The van der Waals surface area contributed by atoms with Crippen molar-refractivity contribution in [1.29, 1.82) is 0 Å². The molecule has 4 nitrogen and oxygen atoms in total. The standard InChI is InChI=1S/C13H11N3O/c1-16-13(17)12-10(8-14-16)7-11(15-12)9-5-3-2-4-6-9/h2-8,15H,1H3. The van der Waals surface area contributed by atoms with Crippen LogP contribution in [0.25, 0.3) is 22.2 Å². The molecule has 84 valence electrons. The maximum absolute atomic E-state index is 11.8. The van der Waals surface area contributed by atoms with Gasteiger partial charge in [0.05, 0.1) is 6.20 Å². The quantitative estimate of drug-likeness (QED) is 0.688. The van der Waals surface area contributed by atoms with E-state index >= 15 is 0 Å². The van der Waals surface area contributed by atoms with E-state index in [1.54, 1.807) is 13.2 Å². The average Bonchev–Trinajstić information content (AvgIpc) is 2.80. The molecule has 3 aromatic rings. The van der Waals surface area contributed by atoms with Gasteiger partial charge in [-0.15, -0.1) is 0 Å². The Morgan fingerprint density at radius 2 is 2.00 bits per heavy atom. The van der Waals surface area contributed by atoms with Gasteiger partial charge in [-0.05, 0) is 11.6 Å². The molecule has 0 unspecified atom stereocenters. The van der Waals surface area contributed by atoms with Gasteiger partial charge in [-0.25, -0.2) is 4.68 Å². The van der Waals surface area contributed by atoms with E-state index in [0.717, 1.165) is 16.6 Å². The minimum Gasteiger partial charge on any atom is -0.350 e. The highest BCUT2D eigenvalue weighted by atomic mass is 16.1. The first kappa shape index (κ1) is 9.84. The van der Waals surface area contributed by atoms with Crippen LogP contribution in [0.1, 0.15) is 0 Å². The van der Waals surface area contributed by atoms with Gasteiger partial charge in [0.15, 0.2) is 0 Å². The van der Waals surface area contributed by atoms with Crippen LogP contribution in [0.4, 0.5) is 0 Å². The molecule has 1 N–H and O–H groups in total. The topological polar surface area (TPSA) is 50.7 Å². The highest BCUT2D eigenvalue weighted by Crippen LogP contribution is 2.21. The molecule has 0 fully saturated rings. The first-order chi connectivity index (χ1) is 8.25. The molecular formula is C13H11N3O. The molecule has 2 heterocycles. The molecule has 0 radical (unpaired) electrons. The largest absolute Gasteiger partial charge is 0.350 e. The smallest absolute Gasteiger partial charge is 0.290 e. The van der Waals surface area contributed by atoms with Gasteiger partial charge < -0.3 is 4.98 Å². The van der Waals surface area contributed by atoms with Crippen LogP contribution in [-0.4, -0.2) is 14.8 Å². The number of aromatic nitrogens is 3. The Morgan fingerprint density at radius 1 is 1.24 bits per heavy atom. The van der Waals surface area contributed by atoms with Crippen molar-refractivity contribution in [3.05, 3.63) is 52.9 Å². The number of hydrogen-bond donors (Lipinski definition) is 1. The number of aromatic amines is 1. The van der Waals surface area contributed by atoms with E-state index in [-0.39, 0.29) is 5.56 Å². The summed E-state index contributed by atoms with van der Waals surface area (Å²) in [4.78, 5) is 15.0. The third kappa shape index (κ3) is 1.54. The van der Waals surface area contributed by atoms with Crippen molar-refractivity contribution >= 4 is 10.9 Å². The maximum atomic E-state index is 11.8. The van der Waals surface area contributed by atoms with Gasteiger partial charge in [-0.2, -0.15) is 5.10 Å². The summed E-state index contributed by atoms with van der Waals surface area (Å²) in [7, 11) is 1.64. The van der Waals surface area contributed by atoms with Crippen molar-refractivity contribution in [3.8, 4) is 11.3 Å². The monoisotopic (exact) mass is 225 g/mol. The molecular weight excluding hydrogens is 214 g/mol. The van der Waals surface area contributed by atoms with E-state index in [1.165, 1.54) is 4.68 Å². The third-order valence-corrected chi connectivity index (χ3v) is 2.81. The fourth-order valence-electron chi connectivity index (χ4n) is 1.89. The van der Waals surface area contributed by atoms with Crippen LogP contribution in [0.15, 0.2) is 47.4 Å². The average molecular weight is 225 g/mol. The second-order valence-electron chi connectivity index (χ2n) is 3.95. The molecule has 0 atom stereocenters. The highest BCUT2D eigenvalue weighted by molar-refractivity contribution is 5.84. The summed E-state index contributed by atoms with van der Waals surface area (Å²) >= 11 is 0. The number of fused-ring (bicyclic) bond motifs is 1. The van der Waals surface area contributed by atoms with Gasteiger partial charge in [0, 0.05) is 18.1 Å². The molecule has 17 heavy (non-hydrogen) atoms. The van der Waals surface area contributed by atoms with Crippen LogP contribution >= 0.6 is 0 Å². The summed E-state index contributed by atoms with van der Waals surface area (Å²) in [6, 6.07) is 11.9. The summed E-state index contributed by atoms with van der Waals surface area (Å²) < 4.78 is 1.33. The Balaban J connectivity index is 2.28. The molecule has 0 aliphatic carbocycles. The number of H-pyrrole nitrogens is 1. The van der Waals surface area contributed by atoms with Crippen molar-refractivity contribution in [2.75, 3.05) is 0 Å². The predicted octanol–water partition coefficient (Wildman–Crippen LogP) is 1.93. The lowest BCUT2D eigenvalue weighted by Gasteiger charge is -1.95. The van der Waals surface area contributed by atoms with E-state index < -0.39 is 0 Å². The Labute approximate surface area is 97.5 Å². The summed E-state index contributed by atoms with van der Waals surface area (Å²) in [5.41, 5.74) is 2.49. The van der Waals surface area contributed by atoms with Gasteiger partial charge in [0.1, 0.15) is 5.52 Å². The first-order valence-corrected chi connectivity index (χ1v) is 5.36. The molecule has 0 aliphatic rings. The van der Waals surface area contributed by atoms with Crippen LogP contribution in [0.5, 0.6) is 0 Å². The van der Waals surface area contributed by atoms with E-state index in [4.69, 9.17) is 0 Å². The summed E-state index contributed by atoms with van der Waals surface area (Å²) in [5.74, 6) is 0. The highest BCUT2D eigenvalue weighted by Gasteiger charge is 2.07. The van der Waals surface area contributed by atoms with Gasteiger partial charge in [-0.3, -0.25) is 4.79 Å². The van der Waals surface area contributed by atoms with E-state index in [9.17, 15) is 4.79 Å². The molecule has 0 spiro atoms. The van der Waals surface area contributed by atoms with E-state index in [0.29, 0.717) is 5.52 Å². The molecule has 4 heteroatoms. The predicted molar refractivity (Wildman–Crippen MR) is 66.8 cm³/mol. The molecule has 3 rings (SSSR count). The maximum Gasteiger partial charge on any atom is 0.290 e. The number of nitrogens with zero attached hydrogens (tertiary/aromatic N) is 2. The number of rotatable bonds is 1. The Kier molecular flexibility index (Phi) is 2.08. The minimum atomic E-state index is -0.107. The Hall–Kier alpha value is -2.36. The Bertz CT molecular complexity index is 725. The summed E-state index contributed by atoms with van der Waals surface area (Å²) in [6.07, 6.45) is 1.69. The Morgan fingerprint density at radius 3 is 2.76 bits per heavy atom. The van der Waals surface area contributed by atoms with Crippen LogP contribution in [-0.2, 0) is 7.05 Å². The number of hydrogen-bond acceptors (Lipinski definition) is 2. The van der Waals surface area contributed by atoms with Gasteiger partial charge in [-0.1, -0.05) is 30.3 Å². The minimum absolute atomic E-state index is 0.107. The lowest BCUT2D eigenvalue weighted by atomic mass is 10.1. The lowest BCUT2D eigenvalue weighted by molar-refractivity contribution is 0.717. The fraction of sp³-hybridized carbons (Fsp3) is 0.0769. The molecule has 0 bridgehead atoms. The van der Waals surface area contributed by atoms with Crippen LogP contribution < -0.4 is 5.56 Å². The second-order valence-corrected chi connectivity index (χ2v) is 3.95. The van der Waals surface area contributed by atoms with Gasteiger partial charge >= 0.3 is 0 Å². The van der Waals surface area contributed by atoms with Crippen LogP contribution in [0.3, 0.4) is 0 Å². The second kappa shape index (κ2) is 3.59. The van der Waals surface area contributed by atoms with E-state index in [2.05, 4.69) is 10.1 Å². The molecule has 0 aliphatic heterocycles. The van der Waals surface area contributed by atoms with Crippen molar-refractivity contribution < 1.29 is 0 Å². The number of nitrogens with one attached hydrogen (secondary N) is 1. The zero-order valence-corrected chi connectivity index (χ0v) is 9.34. The van der Waals surface area contributed by atoms with Crippen molar-refractivity contribution in [3.63, 3.8) is 0 Å². The summed E-state index contributed by atoms with van der Waals surface area (Å²) in [6.45, 7) is 0. The SMILES string of the molecule is Cn1ncc2cc(-c3ccccc3)[nH]c2c1=O. The fourth-order valence-corrected chi connectivity index (χ4v) is 1.89. The zero-order chi connectivity index (χ0) is 11.8. The molecule has 2 aromatic heterocycles. The first-order valence-electron chi connectivity index (χ1n) is 5.36. The third-order valence-electron chi connectivity index (χ3n) is 2.81. The van der Waals surface area contributed by atoms with Crippen molar-refractivity contribution in [1.82, 2.24) is 14.8 Å². The van der Waals surface area contributed by atoms with Crippen molar-refractivity contribution in [2.45, 2.75) is 0 Å². The number of aryl methyl sites for hydroxylation is 1. The van der Waals surface area contributed by atoms with E-state index in [1.807, 2.05) is 36.4 Å². The van der Waals surface area contributed by atoms with Crippen LogP contribution in [0.2, 0.25) is 0 Å². The van der Waals surface area contributed by atoms with Crippen molar-refractivity contribution in [2.24, 2.45) is 7.05 Å². The normalized spacial score (nSPS) is 10.9. The molecule has 0 saturated carbocycles. The lowest BCUT2D eigenvalue weighted by Crippen LogP contribution is -2.18.